The summed E-state index contributed by atoms with van der Waals surface area (Å²) in [6.07, 6.45) is 0.596. The van der Waals surface area contributed by atoms with Crippen LogP contribution in [0.1, 0.15) is 35.3 Å². The van der Waals surface area contributed by atoms with Crippen molar-refractivity contribution >= 4 is 6.29 Å². The normalized spacial score (nSPS) is 8.62. The fourth-order valence-electron chi connectivity index (χ4n) is 1.14. The van der Waals surface area contributed by atoms with Gasteiger partial charge in [-0.15, -0.1) is 0 Å². The number of hydrogen-bond donors (Lipinski definition) is 3. The van der Waals surface area contributed by atoms with Crippen molar-refractivity contribution in [1.29, 1.82) is 0 Å². The van der Waals surface area contributed by atoms with Crippen molar-refractivity contribution in [1.82, 2.24) is 0 Å². The lowest BCUT2D eigenvalue weighted by Gasteiger charge is -1.86. The first-order valence-electron chi connectivity index (χ1n) is 5.55. The highest BCUT2D eigenvalue weighted by molar-refractivity contribution is 5.70. The number of aliphatic hydroxyl groups is 3. The molecule has 0 radical (unpaired) electrons. The summed E-state index contributed by atoms with van der Waals surface area (Å²) in [7, 11) is 0.500. The molecule has 0 spiro atoms. The van der Waals surface area contributed by atoms with E-state index in [9.17, 15) is 9.18 Å². The molecule has 3 N–H and O–H groups in total. The van der Waals surface area contributed by atoms with Gasteiger partial charge >= 0.3 is 0 Å². The molecule has 0 unspecified atom stereocenters. The summed E-state index contributed by atoms with van der Waals surface area (Å²) in [6.45, 7) is -0.381. The van der Waals surface area contributed by atoms with Gasteiger partial charge in [0.2, 0.25) is 0 Å². The fraction of sp³-hybridized carbons (Fsp3) is 0.357. The van der Waals surface area contributed by atoms with Crippen molar-refractivity contribution < 1.29 is 33.3 Å². The summed E-state index contributed by atoms with van der Waals surface area (Å²) in [5.74, 6) is 1.63. The third-order valence-corrected chi connectivity index (χ3v) is 1.98. The average molecular weight is 304 g/mol. The molecule has 0 saturated carbocycles. The van der Waals surface area contributed by atoms with E-state index in [0.29, 0.717) is 30.7 Å². The summed E-state index contributed by atoms with van der Waals surface area (Å²) >= 11 is 0. The summed E-state index contributed by atoms with van der Waals surface area (Å²) in [5.41, 5.74) is 0. The Labute approximate surface area is 122 Å². The third-order valence-electron chi connectivity index (χ3n) is 1.98. The number of carbonyl (C=O) groups is 1. The van der Waals surface area contributed by atoms with Crippen molar-refractivity contribution in [2.75, 3.05) is 7.18 Å². The molecule has 7 heteroatoms. The van der Waals surface area contributed by atoms with E-state index in [1.807, 2.05) is 0 Å². The molecule has 0 saturated heterocycles. The smallest absolute Gasteiger partial charge is 0.185 e. The number of furan rings is 2. The Hall–Kier alpha value is -1.96. The standard InChI is InChI=1S/C6H8O3.C6H6O3.CH3F.CH4/c2*7-3-5-1-2-6(4-8)9-5;1-2;/h1-2,7-8H,3-4H2;1-3,8H,4H2;1H3;1H4. The number of alkyl halides is 1. The highest BCUT2D eigenvalue weighted by Gasteiger charge is 1.97. The van der Waals surface area contributed by atoms with E-state index in [-0.39, 0.29) is 33.0 Å². The van der Waals surface area contributed by atoms with Crippen molar-refractivity contribution in [2.45, 2.75) is 27.2 Å². The van der Waals surface area contributed by atoms with Crippen LogP contribution in [0.4, 0.5) is 4.39 Å². The second kappa shape index (κ2) is 13.0. The minimum absolute atomic E-state index is 0. The Morgan fingerprint density at radius 2 is 1.29 bits per heavy atom. The molecule has 2 rings (SSSR count). The Kier molecular flexibility index (Phi) is 13.3. The molecule has 0 amide bonds. The van der Waals surface area contributed by atoms with Gasteiger partial charge in [0.1, 0.15) is 37.1 Å². The number of aliphatic hydroxyl groups excluding tert-OH is 3. The summed E-state index contributed by atoms with van der Waals surface area (Å²) < 4.78 is 19.1. The zero-order valence-electron chi connectivity index (χ0n) is 11.0. The fourth-order valence-corrected chi connectivity index (χ4v) is 1.14. The van der Waals surface area contributed by atoms with Gasteiger partial charge in [0.05, 0.1) is 7.18 Å². The predicted octanol–water partition coefficient (Wildman–Crippen LogP) is 2.07. The topological polar surface area (TPSA) is 104 Å². The maximum Gasteiger partial charge on any atom is 0.185 e. The molecule has 0 fully saturated rings. The summed E-state index contributed by atoms with van der Waals surface area (Å²) in [5, 5.41) is 25.4. The molecule has 2 heterocycles. The van der Waals surface area contributed by atoms with Crippen molar-refractivity contribution in [3.8, 4) is 0 Å². The van der Waals surface area contributed by atoms with E-state index in [1.54, 1.807) is 18.2 Å². The van der Waals surface area contributed by atoms with Crippen LogP contribution in [0.2, 0.25) is 0 Å². The van der Waals surface area contributed by atoms with Crippen LogP contribution < -0.4 is 0 Å². The third kappa shape index (κ3) is 8.03. The summed E-state index contributed by atoms with van der Waals surface area (Å²) in [6, 6.07) is 6.33. The SMILES string of the molecule is C.CF.O=Cc1ccc(CO)o1.OCc1ccc(CO)o1. The van der Waals surface area contributed by atoms with Crippen LogP contribution in [0.3, 0.4) is 0 Å². The van der Waals surface area contributed by atoms with Crippen LogP contribution in [0.5, 0.6) is 0 Å². The lowest BCUT2D eigenvalue weighted by molar-refractivity contribution is 0.109. The van der Waals surface area contributed by atoms with Crippen molar-refractivity contribution in [2.24, 2.45) is 0 Å². The average Bonchev–Trinajstić information content (AvgIpc) is 3.18. The van der Waals surface area contributed by atoms with Crippen LogP contribution in [0.25, 0.3) is 0 Å². The Balaban J connectivity index is 0. The minimum Gasteiger partial charge on any atom is -0.461 e. The van der Waals surface area contributed by atoms with E-state index in [1.165, 1.54) is 6.07 Å². The number of rotatable bonds is 4. The van der Waals surface area contributed by atoms with Crippen LogP contribution in [-0.4, -0.2) is 28.8 Å². The zero-order valence-corrected chi connectivity index (χ0v) is 11.0. The zero-order chi connectivity index (χ0) is 15.4. The van der Waals surface area contributed by atoms with Gasteiger partial charge in [-0.1, -0.05) is 7.43 Å². The lowest BCUT2D eigenvalue weighted by atomic mass is 10.4. The molecule has 120 valence electrons. The van der Waals surface area contributed by atoms with E-state index in [2.05, 4.69) is 0 Å². The Morgan fingerprint density at radius 1 is 0.905 bits per heavy atom. The van der Waals surface area contributed by atoms with Crippen LogP contribution in [0.15, 0.2) is 33.1 Å². The van der Waals surface area contributed by atoms with E-state index >= 15 is 0 Å². The van der Waals surface area contributed by atoms with Gasteiger partial charge in [0, 0.05) is 0 Å². The van der Waals surface area contributed by atoms with Gasteiger partial charge in [-0.05, 0) is 24.3 Å². The van der Waals surface area contributed by atoms with Gasteiger partial charge in [-0.3, -0.25) is 9.18 Å². The summed E-state index contributed by atoms with van der Waals surface area (Å²) in [4.78, 5) is 9.96. The van der Waals surface area contributed by atoms with Gasteiger partial charge in [0.25, 0.3) is 0 Å². The number of carbonyl (C=O) groups excluding carboxylic acids is 1. The molecule has 0 aliphatic carbocycles. The second-order valence-electron chi connectivity index (χ2n) is 3.26. The van der Waals surface area contributed by atoms with Crippen LogP contribution in [-0.2, 0) is 19.8 Å². The van der Waals surface area contributed by atoms with Gasteiger partial charge in [-0.25, -0.2) is 0 Å². The highest BCUT2D eigenvalue weighted by atomic mass is 19.1. The molecule has 0 aliphatic heterocycles. The van der Waals surface area contributed by atoms with Crippen LogP contribution in [0, 0.1) is 0 Å². The molecule has 2 aromatic heterocycles. The van der Waals surface area contributed by atoms with Crippen molar-refractivity contribution in [3.63, 3.8) is 0 Å². The largest absolute Gasteiger partial charge is 0.461 e. The molecule has 0 atom stereocenters. The first kappa shape index (κ1) is 21.3. The Bertz CT molecular complexity index is 459. The second-order valence-corrected chi connectivity index (χ2v) is 3.26. The quantitative estimate of drug-likeness (QED) is 0.747. The monoisotopic (exact) mass is 304 g/mol. The van der Waals surface area contributed by atoms with E-state index in [0.717, 1.165) is 0 Å². The molecular formula is C14H21FO6. The first-order chi connectivity index (χ1) is 9.73. The molecule has 6 nitrogen and oxygen atoms in total. The molecule has 21 heavy (non-hydrogen) atoms. The molecule has 0 aromatic carbocycles. The van der Waals surface area contributed by atoms with Gasteiger partial charge in [-0.2, -0.15) is 0 Å². The molecular weight excluding hydrogens is 283 g/mol. The Morgan fingerprint density at radius 3 is 1.52 bits per heavy atom. The van der Waals surface area contributed by atoms with Gasteiger partial charge in [0.15, 0.2) is 12.0 Å². The predicted molar refractivity (Wildman–Crippen MR) is 74.3 cm³/mol. The maximum atomic E-state index is 9.96. The minimum atomic E-state index is -0.159. The highest BCUT2D eigenvalue weighted by Crippen LogP contribution is 2.06. The molecule has 0 bridgehead atoms. The maximum absolute atomic E-state index is 9.96. The van der Waals surface area contributed by atoms with Gasteiger partial charge < -0.3 is 24.2 Å². The van der Waals surface area contributed by atoms with Crippen LogP contribution >= 0.6 is 0 Å². The molecule has 0 aliphatic rings. The number of aldehydes is 1. The van der Waals surface area contributed by atoms with E-state index < -0.39 is 0 Å². The molecule has 2 aromatic rings. The number of halogens is 1. The first-order valence-corrected chi connectivity index (χ1v) is 5.55. The van der Waals surface area contributed by atoms with Crippen molar-refractivity contribution in [3.05, 3.63) is 47.3 Å². The van der Waals surface area contributed by atoms with E-state index in [4.69, 9.17) is 24.2 Å². The number of hydrogen-bond acceptors (Lipinski definition) is 6. The lowest BCUT2D eigenvalue weighted by Crippen LogP contribution is -1.76.